The van der Waals surface area contributed by atoms with Crippen molar-refractivity contribution in [3.8, 4) is 23.3 Å². The summed E-state index contributed by atoms with van der Waals surface area (Å²) in [4.78, 5) is 11.0. The normalized spacial score (nSPS) is 13.0. The molecule has 2 aromatic rings. The Morgan fingerprint density at radius 1 is 1.10 bits per heavy atom. The summed E-state index contributed by atoms with van der Waals surface area (Å²) in [6.45, 7) is 1.69. The van der Waals surface area contributed by atoms with Crippen LogP contribution < -0.4 is 9.47 Å². The number of thiol groups is 1. The Hall–Kier alpha value is -2.79. The van der Waals surface area contributed by atoms with Gasteiger partial charge >= 0.3 is 12.1 Å². The van der Waals surface area contributed by atoms with Crippen molar-refractivity contribution in [2.45, 2.75) is 30.7 Å². The number of ether oxygens (including phenoxy) is 2. The Balaban J connectivity index is 1.90. The van der Waals surface area contributed by atoms with E-state index in [0.29, 0.717) is 5.75 Å². The minimum absolute atomic E-state index is 0.0684. The SMILES string of the molecule is CC#CC(CC(=O)O)c1ccc(OCC(S)COc2ccccc2C(F)(F)F)cc1. The Morgan fingerprint density at radius 3 is 2.33 bits per heavy atom. The molecule has 160 valence electrons. The maximum Gasteiger partial charge on any atom is 0.419 e. The first kappa shape index (κ1) is 23.5. The van der Waals surface area contributed by atoms with Crippen LogP contribution in [0, 0.1) is 11.8 Å². The first-order valence-electron chi connectivity index (χ1n) is 9.04. The number of halogens is 3. The molecule has 2 atom stereocenters. The monoisotopic (exact) mass is 438 g/mol. The molecule has 0 fully saturated rings. The fraction of sp³-hybridized carbons (Fsp3) is 0.318. The van der Waals surface area contributed by atoms with Crippen molar-refractivity contribution < 1.29 is 32.5 Å². The summed E-state index contributed by atoms with van der Waals surface area (Å²) in [6.07, 6.45) is -4.60. The van der Waals surface area contributed by atoms with Gasteiger partial charge in [-0.2, -0.15) is 25.8 Å². The molecule has 0 bridgehead atoms. The van der Waals surface area contributed by atoms with Gasteiger partial charge in [0.15, 0.2) is 0 Å². The van der Waals surface area contributed by atoms with Crippen LogP contribution in [0.15, 0.2) is 48.5 Å². The molecule has 2 aromatic carbocycles. The molecule has 0 aromatic heterocycles. The Bertz CT molecular complexity index is 901. The van der Waals surface area contributed by atoms with Gasteiger partial charge in [-0.25, -0.2) is 0 Å². The Kier molecular flexibility index (Phi) is 8.48. The van der Waals surface area contributed by atoms with Crippen LogP contribution in [0.25, 0.3) is 0 Å². The second kappa shape index (κ2) is 10.8. The van der Waals surface area contributed by atoms with Crippen molar-refractivity contribution in [1.29, 1.82) is 0 Å². The molecule has 0 radical (unpaired) electrons. The van der Waals surface area contributed by atoms with E-state index in [9.17, 15) is 18.0 Å². The van der Waals surface area contributed by atoms with Crippen LogP contribution in [0.1, 0.15) is 30.4 Å². The summed E-state index contributed by atoms with van der Waals surface area (Å²) in [5.74, 6) is 4.51. The number of hydrogen-bond acceptors (Lipinski definition) is 4. The second-order valence-electron chi connectivity index (χ2n) is 6.38. The van der Waals surface area contributed by atoms with Crippen molar-refractivity contribution in [3.63, 3.8) is 0 Å². The fourth-order valence-electron chi connectivity index (χ4n) is 2.65. The second-order valence-corrected chi connectivity index (χ2v) is 7.11. The minimum Gasteiger partial charge on any atom is -0.492 e. The van der Waals surface area contributed by atoms with Gasteiger partial charge in [-0.3, -0.25) is 4.79 Å². The first-order valence-corrected chi connectivity index (χ1v) is 9.56. The van der Waals surface area contributed by atoms with E-state index in [1.807, 2.05) is 0 Å². The summed E-state index contributed by atoms with van der Waals surface area (Å²) >= 11 is 4.30. The molecule has 0 saturated carbocycles. The van der Waals surface area contributed by atoms with Gasteiger partial charge in [0.1, 0.15) is 24.7 Å². The third-order valence-electron chi connectivity index (χ3n) is 4.05. The van der Waals surface area contributed by atoms with Gasteiger partial charge in [-0.05, 0) is 36.8 Å². The lowest BCUT2D eigenvalue weighted by Gasteiger charge is -2.17. The first-order chi connectivity index (χ1) is 14.2. The quantitative estimate of drug-likeness (QED) is 0.425. The van der Waals surface area contributed by atoms with E-state index in [0.717, 1.165) is 11.6 Å². The zero-order valence-corrected chi connectivity index (χ0v) is 17.0. The van der Waals surface area contributed by atoms with E-state index in [-0.39, 0.29) is 25.4 Å². The maximum atomic E-state index is 13.0. The minimum atomic E-state index is -4.50. The average Bonchev–Trinajstić information content (AvgIpc) is 2.70. The highest BCUT2D eigenvalue weighted by Gasteiger charge is 2.34. The molecular formula is C22H21F3O4S. The van der Waals surface area contributed by atoms with Crippen LogP contribution in [0.4, 0.5) is 13.2 Å². The maximum absolute atomic E-state index is 13.0. The molecule has 0 amide bonds. The standard InChI is InChI=1S/C22H21F3O4S/c1-2-5-16(12-21(26)27)15-8-10-17(11-9-15)28-13-18(30)14-29-20-7-4-3-6-19(20)22(23,24)25/h3-4,6-11,16,18,30H,12-14H2,1H3,(H,26,27). The molecule has 2 unspecified atom stereocenters. The van der Waals surface area contributed by atoms with Crippen molar-refractivity contribution in [2.75, 3.05) is 13.2 Å². The molecule has 0 spiro atoms. The van der Waals surface area contributed by atoms with Gasteiger partial charge in [-0.1, -0.05) is 30.2 Å². The average molecular weight is 438 g/mol. The summed E-state index contributed by atoms with van der Waals surface area (Å²) in [5.41, 5.74) is -0.0817. The number of benzene rings is 2. The van der Waals surface area contributed by atoms with Crippen LogP contribution >= 0.6 is 12.6 Å². The lowest BCUT2D eigenvalue weighted by molar-refractivity contribution is -0.139. The zero-order valence-electron chi connectivity index (χ0n) is 16.1. The Morgan fingerprint density at radius 2 is 1.73 bits per heavy atom. The van der Waals surface area contributed by atoms with Crippen LogP contribution in [0.2, 0.25) is 0 Å². The van der Waals surface area contributed by atoms with E-state index in [2.05, 4.69) is 24.5 Å². The molecule has 8 heteroatoms. The van der Waals surface area contributed by atoms with Gasteiger partial charge in [0.2, 0.25) is 0 Å². The van der Waals surface area contributed by atoms with Crippen LogP contribution in [-0.4, -0.2) is 29.5 Å². The van der Waals surface area contributed by atoms with E-state index in [4.69, 9.17) is 14.6 Å². The van der Waals surface area contributed by atoms with Gasteiger partial charge in [0, 0.05) is 0 Å². The molecule has 0 aliphatic carbocycles. The zero-order chi connectivity index (χ0) is 22.1. The number of hydrogen-bond donors (Lipinski definition) is 2. The molecule has 0 aliphatic heterocycles. The fourth-order valence-corrected chi connectivity index (χ4v) is 2.80. The van der Waals surface area contributed by atoms with E-state index in [1.165, 1.54) is 18.2 Å². The third kappa shape index (κ3) is 7.23. The van der Waals surface area contributed by atoms with Crippen LogP contribution in [0.5, 0.6) is 11.5 Å². The van der Waals surface area contributed by atoms with Crippen molar-refractivity contribution in [3.05, 3.63) is 59.7 Å². The number of carboxylic acids is 1. The molecule has 30 heavy (non-hydrogen) atoms. The molecule has 4 nitrogen and oxygen atoms in total. The number of carbonyl (C=O) groups is 1. The molecular weight excluding hydrogens is 417 g/mol. The van der Waals surface area contributed by atoms with Gasteiger partial charge in [0.25, 0.3) is 0 Å². The molecule has 0 aliphatic rings. The lowest BCUT2D eigenvalue weighted by Crippen LogP contribution is -2.21. The van der Waals surface area contributed by atoms with Gasteiger partial charge < -0.3 is 14.6 Å². The van der Waals surface area contributed by atoms with E-state index >= 15 is 0 Å². The van der Waals surface area contributed by atoms with Crippen LogP contribution in [-0.2, 0) is 11.0 Å². The van der Waals surface area contributed by atoms with Gasteiger partial charge in [0.05, 0.1) is 23.2 Å². The highest BCUT2D eigenvalue weighted by atomic mass is 32.1. The van der Waals surface area contributed by atoms with E-state index < -0.39 is 28.9 Å². The molecule has 2 rings (SSSR count). The summed E-state index contributed by atoms with van der Waals surface area (Å²) in [7, 11) is 0. The lowest BCUT2D eigenvalue weighted by atomic mass is 9.96. The van der Waals surface area contributed by atoms with Crippen molar-refractivity contribution in [2.24, 2.45) is 0 Å². The number of aliphatic carboxylic acids is 1. The predicted octanol–water partition coefficient (Wildman–Crippen LogP) is 5.04. The number of para-hydroxylation sites is 1. The highest BCUT2D eigenvalue weighted by Crippen LogP contribution is 2.36. The smallest absolute Gasteiger partial charge is 0.419 e. The largest absolute Gasteiger partial charge is 0.492 e. The molecule has 0 heterocycles. The predicted molar refractivity (Wildman–Crippen MR) is 110 cm³/mol. The summed E-state index contributed by atoms with van der Waals surface area (Å²) in [5, 5.41) is 8.53. The van der Waals surface area contributed by atoms with Crippen molar-refractivity contribution >= 4 is 18.6 Å². The number of rotatable bonds is 9. The number of carboxylic acid groups (broad SMARTS) is 1. The third-order valence-corrected chi connectivity index (χ3v) is 4.34. The van der Waals surface area contributed by atoms with Gasteiger partial charge in [-0.15, -0.1) is 5.92 Å². The van der Waals surface area contributed by atoms with Crippen molar-refractivity contribution in [1.82, 2.24) is 0 Å². The Labute approximate surface area is 178 Å². The summed E-state index contributed by atoms with van der Waals surface area (Å²) < 4.78 is 49.8. The number of alkyl halides is 3. The highest BCUT2D eigenvalue weighted by molar-refractivity contribution is 7.81. The molecule has 1 N–H and O–H groups in total. The topological polar surface area (TPSA) is 55.8 Å². The van der Waals surface area contributed by atoms with E-state index in [1.54, 1.807) is 31.2 Å². The molecule has 0 saturated heterocycles. The van der Waals surface area contributed by atoms with Crippen LogP contribution in [0.3, 0.4) is 0 Å². The summed E-state index contributed by atoms with van der Waals surface area (Å²) in [6, 6.07) is 11.8.